The number of pyridine rings is 1. The highest BCUT2D eigenvalue weighted by Crippen LogP contribution is 2.24. The molecular weight excluding hydrogens is 217 g/mol. The summed E-state index contributed by atoms with van der Waals surface area (Å²) in [6.45, 7) is 3.71. The van der Waals surface area contributed by atoms with Crippen LogP contribution in [0.25, 0.3) is 0 Å². The molecule has 0 fully saturated rings. The van der Waals surface area contributed by atoms with Crippen LogP contribution in [0.15, 0.2) is 30.5 Å². The zero-order valence-electron chi connectivity index (χ0n) is 9.79. The third-order valence-corrected chi connectivity index (χ3v) is 2.62. The van der Waals surface area contributed by atoms with Gasteiger partial charge in [-0.15, -0.1) is 0 Å². The van der Waals surface area contributed by atoms with Crippen molar-refractivity contribution in [2.75, 3.05) is 11.1 Å². The first-order valence-corrected chi connectivity index (χ1v) is 5.32. The average Bonchev–Trinajstić information content (AvgIpc) is 2.28. The summed E-state index contributed by atoms with van der Waals surface area (Å²) in [7, 11) is 0. The molecule has 1 aromatic carbocycles. The van der Waals surface area contributed by atoms with Crippen LogP contribution < -0.4 is 11.1 Å². The van der Waals surface area contributed by atoms with Gasteiger partial charge in [0.25, 0.3) is 0 Å². The molecule has 0 saturated heterocycles. The van der Waals surface area contributed by atoms with E-state index < -0.39 is 0 Å². The molecule has 0 amide bonds. The molecule has 2 rings (SSSR count). The van der Waals surface area contributed by atoms with E-state index in [9.17, 15) is 4.39 Å². The molecule has 0 spiro atoms. The Hall–Kier alpha value is -2.10. The van der Waals surface area contributed by atoms with E-state index in [0.29, 0.717) is 17.2 Å². The van der Waals surface area contributed by atoms with Crippen LogP contribution in [-0.2, 0) is 0 Å². The number of anilines is 3. The second kappa shape index (κ2) is 4.41. The number of rotatable bonds is 2. The van der Waals surface area contributed by atoms with Crippen LogP contribution in [0.3, 0.4) is 0 Å². The van der Waals surface area contributed by atoms with E-state index >= 15 is 0 Å². The van der Waals surface area contributed by atoms with E-state index in [-0.39, 0.29) is 5.82 Å². The third-order valence-electron chi connectivity index (χ3n) is 2.62. The summed E-state index contributed by atoms with van der Waals surface area (Å²) in [4.78, 5) is 4.16. The number of hydrogen-bond donors (Lipinski definition) is 2. The first-order valence-electron chi connectivity index (χ1n) is 5.32. The first kappa shape index (κ1) is 11.4. The minimum Gasteiger partial charge on any atom is -0.398 e. The Kier molecular flexibility index (Phi) is 2.95. The standard InChI is InChI=1S/C13H14FN3/c1-8-4-3-5-10(14)13(8)17-12-6-11(15)9(2)7-16-12/h3-7H,1-2H3,(H3,15,16,17). The molecule has 0 bridgehead atoms. The van der Waals surface area contributed by atoms with Gasteiger partial charge in [-0.3, -0.25) is 0 Å². The van der Waals surface area contributed by atoms with Crippen LogP contribution >= 0.6 is 0 Å². The van der Waals surface area contributed by atoms with Gasteiger partial charge in [0.1, 0.15) is 11.6 Å². The van der Waals surface area contributed by atoms with E-state index in [1.165, 1.54) is 6.07 Å². The van der Waals surface area contributed by atoms with Gasteiger partial charge in [0.05, 0.1) is 5.69 Å². The minimum atomic E-state index is -0.300. The van der Waals surface area contributed by atoms with Gasteiger partial charge in [-0.2, -0.15) is 0 Å². The Morgan fingerprint density at radius 3 is 2.65 bits per heavy atom. The quantitative estimate of drug-likeness (QED) is 0.834. The van der Waals surface area contributed by atoms with Crippen molar-refractivity contribution in [3.05, 3.63) is 47.4 Å². The number of nitrogens with zero attached hydrogens (tertiary/aromatic N) is 1. The van der Waals surface area contributed by atoms with E-state index in [1.807, 2.05) is 19.9 Å². The SMILES string of the molecule is Cc1cnc(Nc2c(C)cccc2F)cc1N. The predicted octanol–water partition coefficient (Wildman–Crippen LogP) is 3.16. The van der Waals surface area contributed by atoms with Gasteiger partial charge >= 0.3 is 0 Å². The van der Waals surface area contributed by atoms with Gasteiger partial charge in [-0.05, 0) is 31.0 Å². The van der Waals surface area contributed by atoms with E-state index in [0.717, 1.165) is 11.1 Å². The Morgan fingerprint density at radius 1 is 1.24 bits per heavy atom. The molecule has 0 atom stereocenters. The van der Waals surface area contributed by atoms with E-state index in [1.54, 1.807) is 18.3 Å². The lowest BCUT2D eigenvalue weighted by Crippen LogP contribution is -2.00. The summed E-state index contributed by atoms with van der Waals surface area (Å²) in [5, 5.41) is 2.94. The molecule has 0 unspecified atom stereocenters. The van der Waals surface area contributed by atoms with Crippen molar-refractivity contribution in [1.29, 1.82) is 0 Å². The fourth-order valence-corrected chi connectivity index (χ4v) is 1.53. The summed E-state index contributed by atoms with van der Waals surface area (Å²) < 4.78 is 13.6. The van der Waals surface area contributed by atoms with Crippen molar-refractivity contribution in [1.82, 2.24) is 4.98 Å². The molecule has 1 heterocycles. The molecule has 0 radical (unpaired) electrons. The van der Waals surface area contributed by atoms with Gasteiger partial charge in [-0.1, -0.05) is 12.1 Å². The number of hydrogen-bond acceptors (Lipinski definition) is 3. The lowest BCUT2D eigenvalue weighted by Gasteiger charge is -2.10. The molecule has 4 heteroatoms. The van der Waals surface area contributed by atoms with Crippen molar-refractivity contribution in [2.24, 2.45) is 0 Å². The fraction of sp³-hybridized carbons (Fsp3) is 0.154. The average molecular weight is 231 g/mol. The highest BCUT2D eigenvalue weighted by Gasteiger charge is 2.06. The van der Waals surface area contributed by atoms with Gasteiger partial charge in [0.15, 0.2) is 0 Å². The molecule has 0 aliphatic heterocycles. The van der Waals surface area contributed by atoms with Gasteiger partial charge in [0.2, 0.25) is 0 Å². The topological polar surface area (TPSA) is 50.9 Å². The van der Waals surface area contributed by atoms with Crippen LogP contribution in [0.2, 0.25) is 0 Å². The highest BCUT2D eigenvalue weighted by atomic mass is 19.1. The van der Waals surface area contributed by atoms with E-state index in [4.69, 9.17) is 5.73 Å². The maximum atomic E-state index is 13.6. The van der Waals surface area contributed by atoms with Gasteiger partial charge in [0, 0.05) is 18.0 Å². The molecule has 3 nitrogen and oxygen atoms in total. The summed E-state index contributed by atoms with van der Waals surface area (Å²) in [6, 6.07) is 6.61. The highest BCUT2D eigenvalue weighted by molar-refractivity contribution is 5.64. The second-order valence-corrected chi connectivity index (χ2v) is 3.98. The summed E-state index contributed by atoms with van der Waals surface area (Å²) in [5.41, 5.74) is 8.57. The van der Waals surface area contributed by atoms with Crippen LogP contribution in [0.5, 0.6) is 0 Å². The lowest BCUT2D eigenvalue weighted by molar-refractivity contribution is 0.631. The van der Waals surface area contributed by atoms with E-state index in [2.05, 4.69) is 10.3 Å². The van der Waals surface area contributed by atoms with Crippen LogP contribution in [0.1, 0.15) is 11.1 Å². The number of aryl methyl sites for hydroxylation is 2. The Morgan fingerprint density at radius 2 is 2.00 bits per heavy atom. The number of nitrogens with one attached hydrogen (secondary N) is 1. The number of para-hydroxylation sites is 1. The molecule has 1 aromatic heterocycles. The van der Waals surface area contributed by atoms with Crippen molar-refractivity contribution >= 4 is 17.2 Å². The smallest absolute Gasteiger partial charge is 0.146 e. The number of aromatic nitrogens is 1. The molecular formula is C13H14FN3. The van der Waals surface area contributed by atoms with Crippen LogP contribution in [0, 0.1) is 19.7 Å². The zero-order chi connectivity index (χ0) is 12.4. The number of benzene rings is 1. The number of halogens is 1. The Labute approximate surface area is 99.5 Å². The largest absolute Gasteiger partial charge is 0.398 e. The van der Waals surface area contributed by atoms with Gasteiger partial charge < -0.3 is 11.1 Å². The minimum absolute atomic E-state index is 0.300. The first-order chi connectivity index (χ1) is 8.08. The molecule has 0 aliphatic carbocycles. The Bertz CT molecular complexity index is 532. The predicted molar refractivity (Wildman–Crippen MR) is 67.8 cm³/mol. The van der Waals surface area contributed by atoms with Crippen molar-refractivity contribution < 1.29 is 4.39 Å². The zero-order valence-corrected chi connectivity index (χ0v) is 9.79. The lowest BCUT2D eigenvalue weighted by atomic mass is 10.2. The molecule has 88 valence electrons. The fourth-order valence-electron chi connectivity index (χ4n) is 1.53. The monoisotopic (exact) mass is 231 g/mol. The number of nitrogens with two attached hydrogens (primary N) is 1. The van der Waals surface area contributed by atoms with Crippen LogP contribution in [-0.4, -0.2) is 4.98 Å². The molecule has 3 N–H and O–H groups in total. The summed E-state index contributed by atoms with van der Waals surface area (Å²) in [6.07, 6.45) is 1.66. The molecule has 2 aromatic rings. The molecule has 17 heavy (non-hydrogen) atoms. The second-order valence-electron chi connectivity index (χ2n) is 3.98. The summed E-state index contributed by atoms with van der Waals surface area (Å²) in [5.74, 6) is 0.243. The molecule has 0 saturated carbocycles. The molecule has 0 aliphatic rings. The Balaban J connectivity index is 2.35. The maximum absolute atomic E-state index is 13.6. The van der Waals surface area contributed by atoms with Gasteiger partial charge in [-0.25, -0.2) is 9.37 Å². The van der Waals surface area contributed by atoms with Crippen molar-refractivity contribution in [3.63, 3.8) is 0 Å². The van der Waals surface area contributed by atoms with Crippen molar-refractivity contribution in [3.8, 4) is 0 Å². The number of nitrogen functional groups attached to an aromatic ring is 1. The van der Waals surface area contributed by atoms with Crippen molar-refractivity contribution in [2.45, 2.75) is 13.8 Å². The van der Waals surface area contributed by atoms with Crippen LogP contribution in [0.4, 0.5) is 21.6 Å². The normalized spacial score (nSPS) is 10.3. The summed E-state index contributed by atoms with van der Waals surface area (Å²) >= 11 is 0. The maximum Gasteiger partial charge on any atom is 0.146 e. The third kappa shape index (κ3) is 2.36.